The molecule has 1 aliphatic heterocycles. The molecule has 1 N–H and O–H groups in total. The standard InChI is InChI=1S/C13H17NO2/c1-13(2,15)8-11-9-16-12(14-11)10-6-4-3-5-7-10/h3-7,11,15H,8-9H2,1-2H3/t11-/m0/s1. The molecule has 3 heteroatoms. The lowest BCUT2D eigenvalue weighted by atomic mass is 10.0. The van der Waals surface area contributed by atoms with Crippen LogP contribution in [0.4, 0.5) is 0 Å². The second-order valence-electron chi connectivity index (χ2n) is 4.78. The number of aliphatic hydroxyl groups is 1. The van der Waals surface area contributed by atoms with Gasteiger partial charge in [0.25, 0.3) is 0 Å². The molecule has 0 unspecified atom stereocenters. The minimum Gasteiger partial charge on any atom is -0.475 e. The van der Waals surface area contributed by atoms with Gasteiger partial charge < -0.3 is 9.84 Å². The quantitative estimate of drug-likeness (QED) is 0.844. The van der Waals surface area contributed by atoms with E-state index in [1.54, 1.807) is 13.8 Å². The second kappa shape index (κ2) is 4.26. The molecule has 1 heterocycles. The summed E-state index contributed by atoms with van der Waals surface area (Å²) in [4.78, 5) is 4.48. The molecule has 1 atom stereocenters. The SMILES string of the molecule is CC(C)(O)C[C@H]1COC(c2ccccc2)=N1. The number of benzene rings is 1. The third-order valence-electron chi connectivity index (χ3n) is 2.47. The molecule has 3 nitrogen and oxygen atoms in total. The first-order chi connectivity index (χ1) is 7.54. The van der Waals surface area contributed by atoms with Gasteiger partial charge in [-0.1, -0.05) is 18.2 Å². The summed E-state index contributed by atoms with van der Waals surface area (Å²) in [5.74, 6) is 0.690. The maximum atomic E-state index is 9.71. The first kappa shape index (κ1) is 11.1. The number of ether oxygens (including phenoxy) is 1. The lowest BCUT2D eigenvalue weighted by Crippen LogP contribution is -2.25. The van der Waals surface area contributed by atoms with E-state index in [2.05, 4.69) is 4.99 Å². The fraction of sp³-hybridized carbons (Fsp3) is 0.462. The molecule has 2 rings (SSSR count). The van der Waals surface area contributed by atoms with Gasteiger partial charge in [-0.3, -0.25) is 0 Å². The number of hydrogen-bond donors (Lipinski definition) is 1. The molecule has 0 spiro atoms. The molecule has 0 aliphatic carbocycles. The Morgan fingerprint density at radius 3 is 2.69 bits per heavy atom. The molecule has 0 bridgehead atoms. The maximum absolute atomic E-state index is 9.71. The van der Waals surface area contributed by atoms with Gasteiger partial charge in [0.05, 0.1) is 11.6 Å². The monoisotopic (exact) mass is 219 g/mol. The van der Waals surface area contributed by atoms with Crippen LogP contribution in [-0.2, 0) is 4.74 Å². The van der Waals surface area contributed by atoms with Crippen LogP contribution in [0.1, 0.15) is 25.8 Å². The molecule has 86 valence electrons. The number of aliphatic imine (C=N–C) groups is 1. The van der Waals surface area contributed by atoms with E-state index in [9.17, 15) is 5.11 Å². The Balaban J connectivity index is 2.07. The van der Waals surface area contributed by atoms with Crippen molar-refractivity contribution in [3.05, 3.63) is 35.9 Å². The van der Waals surface area contributed by atoms with E-state index < -0.39 is 5.60 Å². The summed E-state index contributed by atoms with van der Waals surface area (Å²) in [5, 5.41) is 9.71. The van der Waals surface area contributed by atoms with Crippen molar-refractivity contribution in [1.82, 2.24) is 0 Å². The van der Waals surface area contributed by atoms with Crippen LogP contribution in [0.5, 0.6) is 0 Å². The van der Waals surface area contributed by atoms with Crippen molar-refractivity contribution in [2.24, 2.45) is 4.99 Å². The van der Waals surface area contributed by atoms with Gasteiger partial charge in [0.15, 0.2) is 0 Å². The Morgan fingerprint density at radius 2 is 2.06 bits per heavy atom. The van der Waals surface area contributed by atoms with Crippen molar-refractivity contribution in [3.63, 3.8) is 0 Å². The predicted molar refractivity (Wildman–Crippen MR) is 63.6 cm³/mol. The summed E-state index contributed by atoms with van der Waals surface area (Å²) in [7, 11) is 0. The third-order valence-corrected chi connectivity index (χ3v) is 2.47. The topological polar surface area (TPSA) is 41.8 Å². The van der Waals surface area contributed by atoms with Crippen molar-refractivity contribution >= 4 is 5.90 Å². The molecular weight excluding hydrogens is 202 g/mol. The minimum absolute atomic E-state index is 0.0650. The smallest absolute Gasteiger partial charge is 0.216 e. The maximum Gasteiger partial charge on any atom is 0.216 e. The summed E-state index contributed by atoms with van der Waals surface area (Å²) in [6.45, 7) is 4.15. The molecule has 0 fully saturated rings. The average molecular weight is 219 g/mol. The Morgan fingerprint density at radius 1 is 1.38 bits per heavy atom. The van der Waals surface area contributed by atoms with Crippen LogP contribution in [0.2, 0.25) is 0 Å². The van der Waals surface area contributed by atoms with Gasteiger partial charge in [0.1, 0.15) is 6.61 Å². The summed E-state index contributed by atoms with van der Waals surface area (Å²) in [5.41, 5.74) is 0.310. The number of nitrogens with zero attached hydrogens (tertiary/aromatic N) is 1. The summed E-state index contributed by atoms with van der Waals surface area (Å²) >= 11 is 0. The van der Waals surface area contributed by atoms with Crippen LogP contribution in [0.25, 0.3) is 0 Å². The van der Waals surface area contributed by atoms with Crippen molar-refractivity contribution in [1.29, 1.82) is 0 Å². The summed E-state index contributed by atoms with van der Waals surface area (Å²) in [6, 6.07) is 9.91. The van der Waals surface area contributed by atoms with Gasteiger partial charge in [-0.2, -0.15) is 0 Å². The normalized spacial score (nSPS) is 20.4. The highest BCUT2D eigenvalue weighted by Gasteiger charge is 2.25. The number of rotatable bonds is 3. The molecule has 1 aliphatic rings. The fourth-order valence-electron chi connectivity index (χ4n) is 1.84. The summed E-state index contributed by atoms with van der Waals surface area (Å²) < 4.78 is 5.54. The second-order valence-corrected chi connectivity index (χ2v) is 4.78. The molecule has 0 aromatic heterocycles. The van der Waals surface area contributed by atoms with Crippen molar-refractivity contribution < 1.29 is 9.84 Å². The van der Waals surface area contributed by atoms with Gasteiger partial charge in [0.2, 0.25) is 5.90 Å². The molecular formula is C13H17NO2. The first-order valence-electron chi connectivity index (χ1n) is 5.53. The fourth-order valence-corrected chi connectivity index (χ4v) is 1.84. The highest BCUT2D eigenvalue weighted by Crippen LogP contribution is 2.19. The Kier molecular flexibility index (Phi) is 2.97. The van der Waals surface area contributed by atoms with E-state index in [-0.39, 0.29) is 6.04 Å². The molecule has 0 saturated carbocycles. The van der Waals surface area contributed by atoms with Gasteiger partial charge in [-0.05, 0) is 26.0 Å². The van der Waals surface area contributed by atoms with Crippen molar-refractivity contribution in [3.8, 4) is 0 Å². The van der Waals surface area contributed by atoms with E-state index in [4.69, 9.17) is 4.74 Å². The highest BCUT2D eigenvalue weighted by molar-refractivity contribution is 5.95. The third kappa shape index (κ3) is 2.83. The number of hydrogen-bond acceptors (Lipinski definition) is 3. The van der Waals surface area contributed by atoms with Crippen molar-refractivity contribution in [2.75, 3.05) is 6.61 Å². The van der Waals surface area contributed by atoms with Gasteiger partial charge >= 0.3 is 0 Å². The van der Waals surface area contributed by atoms with Crippen LogP contribution in [0, 0.1) is 0 Å². The van der Waals surface area contributed by atoms with Crippen molar-refractivity contribution in [2.45, 2.75) is 31.9 Å². The zero-order valence-electron chi connectivity index (χ0n) is 9.68. The molecule has 1 aromatic rings. The van der Waals surface area contributed by atoms with Crippen LogP contribution in [0.3, 0.4) is 0 Å². The van der Waals surface area contributed by atoms with E-state index in [0.29, 0.717) is 18.9 Å². The average Bonchev–Trinajstić information content (AvgIpc) is 2.65. The van der Waals surface area contributed by atoms with Crippen LogP contribution in [0.15, 0.2) is 35.3 Å². The van der Waals surface area contributed by atoms with Crippen LogP contribution in [-0.4, -0.2) is 29.3 Å². The van der Waals surface area contributed by atoms with Gasteiger partial charge in [-0.25, -0.2) is 4.99 Å². The van der Waals surface area contributed by atoms with E-state index in [1.165, 1.54) is 0 Å². The largest absolute Gasteiger partial charge is 0.475 e. The van der Waals surface area contributed by atoms with Gasteiger partial charge in [0, 0.05) is 12.0 Å². The molecule has 0 saturated heterocycles. The van der Waals surface area contributed by atoms with E-state index in [1.807, 2.05) is 30.3 Å². The predicted octanol–water partition coefficient (Wildman–Crippen LogP) is 1.99. The lowest BCUT2D eigenvalue weighted by Gasteiger charge is -2.18. The first-order valence-corrected chi connectivity index (χ1v) is 5.53. The molecule has 0 radical (unpaired) electrons. The Labute approximate surface area is 95.8 Å². The zero-order valence-corrected chi connectivity index (χ0v) is 9.68. The van der Waals surface area contributed by atoms with E-state index in [0.717, 1.165) is 5.56 Å². The highest BCUT2D eigenvalue weighted by atomic mass is 16.5. The lowest BCUT2D eigenvalue weighted by molar-refractivity contribution is 0.0607. The van der Waals surface area contributed by atoms with Crippen LogP contribution >= 0.6 is 0 Å². The Hall–Kier alpha value is -1.35. The molecule has 0 amide bonds. The van der Waals surface area contributed by atoms with Gasteiger partial charge in [-0.15, -0.1) is 0 Å². The zero-order chi connectivity index (χ0) is 11.6. The van der Waals surface area contributed by atoms with E-state index >= 15 is 0 Å². The summed E-state index contributed by atoms with van der Waals surface area (Å²) in [6.07, 6.45) is 0.628. The molecule has 1 aromatic carbocycles. The van der Waals surface area contributed by atoms with Crippen LogP contribution < -0.4 is 0 Å². The Bertz CT molecular complexity index is 379. The minimum atomic E-state index is -0.691. The molecule has 16 heavy (non-hydrogen) atoms.